The van der Waals surface area contributed by atoms with E-state index in [0.29, 0.717) is 12.0 Å². The van der Waals surface area contributed by atoms with Crippen LogP contribution in [0.2, 0.25) is 0 Å². The van der Waals surface area contributed by atoms with Gasteiger partial charge in [-0.2, -0.15) is 5.26 Å². The predicted octanol–water partition coefficient (Wildman–Crippen LogP) is 1.67. The molecule has 1 unspecified atom stereocenters. The molecule has 1 heterocycles. The second kappa shape index (κ2) is 5.81. The second-order valence-corrected chi connectivity index (χ2v) is 5.08. The minimum atomic E-state index is -1.34. The topological polar surface area (TPSA) is 116 Å². The smallest absolute Gasteiger partial charge is 0.319 e. The first kappa shape index (κ1) is 15.4. The zero-order valence-electron chi connectivity index (χ0n) is 11.9. The highest BCUT2D eigenvalue weighted by molar-refractivity contribution is 6.07. The highest BCUT2D eigenvalue weighted by Gasteiger charge is 2.49. The number of nitro groups is 1. The van der Waals surface area contributed by atoms with Gasteiger partial charge in [0.05, 0.1) is 11.0 Å². The lowest BCUT2D eigenvalue weighted by Crippen LogP contribution is -2.41. The summed E-state index contributed by atoms with van der Waals surface area (Å²) in [5, 5.41) is 21.9. The Morgan fingerprint density at radius 1 is 1.45 bits per heavy atom. The van der Waals surface area contributed by atoms with Gasteiger partial charge in [-0.3, -0.25) is 19.8 Å². The van der Waals surface area contributed by atoms with Gasteiger partial charge in [-0.15, -0.1) is 0 Å². The first-order valence-corrected chi connectivity index (χ1v) is 6.66. The molecule has 1 fully saturated rings. The van der Waals surface area contributed by atoms with Crippen molar-refractivity contribution in [3.63, 3.8) is 0 Å². The van der Waals surface area contributed by atoms with E-state index in [1.807, 2.05) is 6.07 Å². The zero-order chi connectivity index (χ0) is 16.3. The van der Waals surface area contributed by atoms with E-state index in [1.165, 1.54) is 25.1 Å². The van der Waals surface area contributed by atoms with Crippen molar-refractivity contribution < 1.29 is 14.5 Å². The van der Waals surface area contributed by atoms with E-state index in [1.54, 1.807) is 6.07 Å². The van der Waals surface area contributed by atoms with Gasteiger partial charge in [0.15, 0.2) is 0 Å². The van der Waals surface area contributed by atoms with Crippen molar-refractivity contribution in [1.82, 2.24) is 10.2 Å². The number of imide groups is 1. The molecule has 0 aromatic heterocycles. The van der Waals surface area contributed by atoms with Crippen LogP contribution in [0.4, 0.5) is 10.5 Å². The summed E-state index contributed by atoms with van der Waals surface area (Å²) in [6.07, 6.45) is 0.630. The van der Waals surface area contributed by atoms with E-state index in [9.17, 15) is 19.7 Å². The van der Waals surface area contributed by atoms with Gasteiger partial charge in [0.2, 0.25) is 0 Å². The van der Waals surface area contributed by atoms with E-state index in [-0.39, 0.29) is 18.7 Å². The monoisotopic (exact) mass is 302 g/mol. The van der Waals surface area contributed by atoms with Crippen molar-refractivity contribution in [3.8, 4) is 6.07 Å². The minimum absolute atomic E-state index is 0.142. The molecule has 1 aliphatic heterocycles. The standard InChI is InChI=1S/C14H14N4O4/c1-14(10-5-4-6-11(9-10)18(21)22)12(19)17(13(20)16-14)8-3-2-7-15/h4-6,9H,2-3,8H2,1H3,(H,16,20). The molecule has 0 aliphatic carbocycles. The molecule has 1 aliphatic rings. The van der Waals surface area contributed by atoms with Crippen LogP contribution >= 0.6 is 0 Å². The Balaban J connectivity index is 2.29. The lowest BCUT2D eigenvalue weighted by molar-refractivity contribution is -0.385. The van der Waals surface area contributed by atoms with Crippen molar-refractivity contribution in [2.24, 2.45) is 0 Å². The lowest BCUT2D eigenvalue weighted by atomic mass is 9.91. The molecule has 1 saturated heterocycles. The Morgan fingerprint density at radius 3 is 2.82 bits per heavy atom. The molecule has 2 rings (SSSR count). The molecule has 8 heteroatoms. The number of unbranched alkanes of at least 4 members (excludes halogenated alkanes) is 1. The highest BCUT2D eigenvalue weighted by Crippen LogP contribution is 2.30. The summed E-state index contributed by atoms with van der Waals surface area (Å²) in [5.74, 6) is -0.476. The van der Waals surface area contributed by atoms with Gasteiger partial charge in [-0.05, 0) is 18.9 Å². The van der Waals surface area contributed by atoms with Crippen LogP contribution in [0.5, 0.6) is 0 Å². The van der Waals surface area contributed by atoms with Gasteiger partial charge in [0, 0.05) is 25.1 Å². The number of carbonyl (C=O) groups is 2. The van der Waals surface area contributed by atoms with Gasteiger partial charge in [-0.1, -0.05) is 12.1 Å². The maximum Gasteiger partial charge on any atom is 0.325 e. The summed E-state index contributed by atoms with van der Waals surface area (Å²) in [6, 6.07) is 7.01. The van der Waals surface area contributed by atoms with Crippen molar-refractivity contribution in [3.05, 3.63) is 39.9 Å². The number of nitrogens with one attached hydrogen (secondary N) is 1. The van der Waals surface area contributed by atoms with E-state index >= 15 is 0 Å². The summed E-state index contributed by atoms with van der Waals surface area (Å²) in [6.45, 7) is 1.65. The van der Waals surface area contributed by atoms with Crippen molar-refractivity contribution in [2.45, 2.75) is 25.3 Å². The maximum absolute atomic E-state index is 12.5. The molecule has 114 valence electrons. The van der Waals surface area contributed by atoms with Gasteiger partial charge in [-0.25, -0.2) is 4.79 Å². The number of hydrogen-bond acceptors (Lipinski definition) is 5. The van der Waals surface area contributed by atoms with Crippen LogP contribution < -0.4 is 5.32 Å². The molecule has 1 N–H and O–H groups in total. The quantitative estimate of drug-likeness (QED) is 0.384. The molecule has 3 amide bonds. The summed E-state index contributed by atoms with van der Waals surface area (Å²) < 4.78 is 0. The molecule has 8 nitrogen and oxygen atoms in total. The number of amides is 3. The van der Waals surface area contributed by atoms with Gasteiger partial charge in [0.1, 0.15) is 5.54 Å². The largest absolute Gasteiger partial charge is 0.325 e. The Morgan fingerprint density at radius 2 is 2.18 bits per heavy atom. The van der Waals surface area contributed by atoms with E-state index < -0.39 is 22.4 Å². The highest BCUT2D eigenvalue weighted by atomic mass is 16.6. The van der Waals surface area contributed by atoms with Crippen molar-refractivity contribution in [1.29, 1.82) is 5.26 Å². The Kier molecular flexibility index (Phi) is 4.08. The number of non-ortho nitro benzene ring substituents is 1. The molecular formula is C14H14N4O4. The first-order chi connectivity index (χ1) is 10.4. The molecule has 0 saturated carbocycles. The molecule has 0 radical (unpaired) electrons. The van der Waals surface area contributed by atoms with E-state index in [4.69, 9.17) is 5.26 Å². The van der Waals surface area contributed by atoms with E-state index in [0.717, 1.165) is 4.90 Å². The molecule has 0 spiro atoms. The number of urea groups is 1. The predicted molar refractivity (Wildman–Crippen MR) is 75.5 cm³/mol. The fraction of sp³-hybridized carbons (Fsp3) is 0.357. The molecule has 1 aromatic carbocycles. The number of carbonyl (C=O) groups excluding carboxylic acids is 2. The van der Waals surface area contributed by atoms with Gasteiger partial charge < -0.3 is 5.32 Å². The Hall–Kier alpha value is -2.95. The van der Waals surface area contributed by atoms with Crippen molar-refractivity contribution in [2.75, 3.05) is 6.54 Å². The maximum atomic E-state index is 12.5. The van der Waals surface area contributed by atoms with Crippen LogP contribution in [0, 0.1) is 21.4 Å². The number of nitrogens with zero attached hydrogens (tertiary/aromatic N) is 3. The summed E-state index contributed by atoms with van der Waals surface area (Å²) >= 11 is 0. The SMILES string of the molecule is CC1(c2cccc([N+](=O)[O-])c2)NC(=O)N(CCCC#N)C1=O. The average Bonchev–Trinajstić information content (AvgIpc) is 2.72. The lowest BCUT2D eigenvalue weighted by Gasteiger charge is -2.22. The van der Waals surface area contributed by atoms with Crippen LogP contribution in [-0.2, 0) is 10.3 Å². The normalized spacial score (nSPS) is 20.6. The minimum Gasteiger partial charge on any atom is -0.319 e. The number of hydrogen-bond donors (Lipinski definition) is 1. The molecule has 1 aromatic rings. The second-order valence-electron chi connectivity index (χ2n) is 5.08. The van der Waals surface area contributed by atoms with Crippen molar-refractivity contribution >= 4 is 17.6 Å². The summed E-state index contributed by atoms with van der Waals surface area (Å²) in [4.78, 5) is 35.8. The fourth-order valence-corrected chi connectivity index (χ4v) is 2.34. The Bertz CT molecular complexity index is 682. The molecule has 22 heavy (non-hydrogen) atoms. The van der Waals surface area contributed by atoms with Gasteiger partial charge in [0.25, 0.3) is 11.6 Å². The zero-order valence-corrected chi connectivity index (χ0v) is 11.9. The molecule has 0 bridgehead atoms. The van der Waals surface area contributed by atoms with Crippen LogP contribution in [0.15, 0.2) is 24.3 Å². The third kappa shape index (κ3) is 2.61. The third-order valence-corrected chi connectivity index (χ3v) is 3.58. The third-order valence-electron chi connectivity index (χ3n) is 3.58. The van der Waals surface area contributed by atoms with Crippen LogP contribution in [0.1, 0.15) is 25.3 Å². The van der Waals surface area contributed by atoms with Crippen LogP contribution in [0.25, 0.3) is 0 Å². The van der Waals surface area contributed by atoms with E-state index in [2.05, 4.69) is 5.32 Å². The molecule has 1 atom stereocenters. The number of nitriles is 1. The molecular weight excluding hydrogens is 288 g/mol. The first-order valence-electron chi connectivity index (χ1n) is 6.66. The summed E-state index contributed by atoms with van der Waals surface area (Å²) in [7, 11) is 0. The van der Waals surface area contributed by atoms with Crippen LogP contribution in [-0.4, -0.2) is 28.3 Å². The Labute approximate surface area is 126 Å². The fourth-order valence-electron chi connectivity index (χ4n) is 2.34. The number of rotatable bonds is 5. The number of benzene rings is 1. The van der Waals surface area contributed by atoms with Crippen LogP contribution in [0.3, 0.4) is 0 Å². The number of nitro benzene ring substituents is 1. The summed E-state index contributed by atoms with van der Waals surface area (Å²) in [5.41, 5.74) is -1.14. The average molecular weight is 302 g/mol. The van der Waals surface area contributed by atoms with Gasteiger partial charge >= 0.3 is 6.03 Å².